The van der Waals surface area contributed by atoms with Gasteiger partial charge in [0.05, 0.1) is 19.0 Å². The second-order valence-corrected chi connectivity index (χ2v) is 5.93. The van der Waals surface area contributed by atoms with Crippen molar-refractivity contribution < 1.29 is 19.1 Å². The minimum absolute atomic E-state index is 0.173. The molecule has 1 aliphatic rings. The molecule has 0 unspecified atom stereocenters. The molecule has 1 heterocycles. The Labute approximate surface area is 162 Å². The molecule has 0 spiro atoms. The Balaban J connectivity index is 1.82. The maximum Gasteiger partial charge on any atom is 0.279 e. The molecule has 8 heteroatoms. The summed E-state index contributed by atoms with van der Waals surface area (Å²) in [6.07, 6.45) is 1.51. The minimum Gasteiger partial charge on any atom is -0.493 e. The summed E-state index contributed by atoms with van der Waals surface area (Å²) in [5, 5.41) is 8.20. The number of ether oxygens (including phenoxy) is 2. The molecule has 0 saturated carbocycles. The topological polar surface area (TPSA) is 107 Å². The van der Waals surface area contributed by atoms with Crippen LogP contribution in [0.25, 0.3) is 0 Å². The zero-order valence-electron chi connectivity index (χ0n) is 15.6. The molecular weight excluding hydrogens is 360 g/mol. The molecule has 144 valence electrons. The fourth-order valence-electron chi connectivity index (χ4n) is 2.86. The monoisotopic (exact) mass is 380 g/mol. The van der Waals surface area contributed by atoms with Gasteiger partial charge in [0.25, 0.3) is 11.8 Å². The maximum atomic E-state index is 12.6. The van der Waals surface area contributed by atoms with Crippen LogP contribution in [0.2, 0.25) is 0 Å². The fourth-order valence-corrected chi connectivity index (χ4v) is 2.86. The first-order valence-electron chi connectivity index (χ1n) is 8.66. The van der Waals surface area contributed by atoms with Crippen molar-refractivity contribution in [2.24, 2.45) is 15.9 Å². The predicted octanol–water partition coefficient (Wildman–Crippen LogP) is 1.75. The van der Waals surface area contributed by atoms with E-state index in [4.69, 9.17) is 15.2 Å². The molecule has 2 N–H and O–H groups in total. The van der Waals surface area contributed by atoms with Gasteiger partial charge in [-0.15, -0.1) is 5.10 Å². The Morgan fingerprint density at radius 2 is 2.00 bits per heavy atom. The Kier molecular flexibility index (Phi) is 5.69. The summed E-state index contributed by atoms with van der Waals surface area (Å²) in [5.74, 6) is 0.0698. The zero-order chi connectivity index (χ0) is 20.1. The third kappa shape index (κ3) is 3.85. The van der Waals surface area contributed by atoms with Gasteiger partial charge in [0.2, 0.25) is 0 Å². The van der Waals surface area contributed by atoms with Crippen molar-refractivity contribution >= 4 is 29.4 Å². The number of anilines is 1. The highest BCUT2D eigenvalue weighted by atomic mass is 16.5. The third-order valence-electron chi connectivity index (χ3n) is 4.14. The molecule has 0 fully saturated rings. The van der Waals surface area contributed by atoms with Gasteiger partial charge in [-0.3, -0.25) is 9.59 Å². The molecule has 8 nitrogen and oxygen atoms in total. The predicted molar refractivity (Wildman–Crippen MR) is 106 cm³/mol. The molecule has 2 amide bonds. The summed E-state index contributed by atoms with van der Waals surface area (Å²) in [7, 11) is 1.49. The van der Waals surface area contributed by atoms with Crippen molar-refractivity contribution in [3.63, 3.8) is 0 Å². The van der Waals surface area contributed by atoms with Crippen molar-refractivity contribution in [2.75, 3.05) is 25.2 Å². The van der Waals surface area contributed by atoms with Crippen molar-refractivity contribution in [3.05, 3.63) is 53.6 Å². The van der Waals surface area contributed by atoms with Crippen LogP contribution >= 0.6 is 0 Å². The van der Waals surface area contributed by atoms with E-state index in [1.165, 1.54) is 13.3 Å². The van der Waals surface area contributed by atoms with Gasteiger partial charge in [0.1, 0.15) is 0 Å². The molecule has 3 rings (SSSR count). The number of amides is 2. The van der Waals surface area contributed by atoms with E-state index in [-0.39, 0.29) is 12.5 Å². The summed E-state index contributed by atoms with van der Waals surface area (Å²) >= 11 is 0. The number of nitrogens with zero attached hydrogens (tertiary/aromatic N) is 3. The summed E-state index contributed by atoms with van der Waals surface area (Å²) in [6.45, 7) is 2.23. The number of likely N-dealkylation sites (N-methyl/N-ethyl adjacent to an activating group) is 1. The van der Waals surface area contributed by atoms with E-state index >= 15 is 0 Å². The molecule has 0 bridgehead atoms. The van der Waals surface area contributed by atoms with Crippen molar-refractivity contribution in [2.45, 2.75) is 6.92 Å². The number of rotatable bonds is 7. The summed E-state index contributed by atoms with van der Waals surface area (Å²) in [4.78, 5) is 25.1. The lowest BCUT2D eigenvalue weighted by Gasteiger charge is -2.12. The lowest BCUT2D eigenvalue weighted by Crippen LogP contribution is -2.29. The van der Waals surface area contributed by atoms with E-state index in [2.05, 4.69) is 10.2 Å². The number of hydrogen-bond acceptors (Lipinski definition) is 6. The average molecular weight is 380 g/mol. The molecule has 0 saturated heterocycles. The number of nitrogens with two attached hydrogens (primary N) is 1. The van der Waals surface area contributed by atoms with Crippen LogP contribution in [0.5, 0.6) is 11.5 Å². The molecule has 2 aromatic rings. The zero-order valence-corrected chi connectivity index (χ0v) is 15.6. The van der Waals surface area contributed by atoms with Gasteiger partial charge in [0.15, 0.2) is 23.8 Å². The highest BCUT2D eigenvalue weighted by Crippen LogP contribution is 2.29. The van der Waals surface area contributed by atoms with Crippen LogP contribution in [0.3, 0.4) is 0 Å². The maximum absolute atomic E-state index is 12.6. The molecule has 0 atom stereocenters. The Morgan fingerprint density at radius 1 is 1.21 bits per heavy atom. The van der Waals surface area contributed by atoms with Crippen molar-refractivity contribution in [1.82, 2.24) is 0 Å². The van der Waals surface area contributed by atoms with Crippen LogP contribution < -0.4 is 20.1 Å². The van der Waals surface area contributed by atoms with Gasteiger partial charge < -0.3 is 20.1 Å². The Hall–Kier alpha value is -3.68. The van der Waals surface area contributed by atoms with Crippen LogP contribution in [0.1, 0.15) is 18.1 Å². The molecule has 0 radical (unpaired) electrons. The Morgan fingerprint density at radius 3 is 2.71 bits per heavy atom. The molecule has 2 aromatic carbocycles. The number of fused-ring (bicyclic) bond motifs is 1. The largest absolute Gasteiger partial charge is 0.493 e. The van der Waals surface area contributed by atoms with Crippen LogP contribution in [0, 0.1) is 0 Å². The van der Waals surface area contributed by atoms with Crippen molar-refractivity contribution in [3.8, 4) is 11.5 Å². The van der Waals surface area contributed by atoms with E-state index in [1.54, 1.807) is 23.1 Å². The molecule has 28 heavy (non-hydrogen) atoms. The normalized spacial score (nSPS) is 14.6. The number of benzene rings is 2. The highest BCUT2D eigenvalue weighted by Gasteiger charge is 2.32. The van der Waals surface area contributed by atoms with Crippen LogP contribution in [0.15, 0.2) is 52.7 Å². The molecular formula is C20H20N4O4. The van der Waals surface area contributed by atoms with Crippen LogP contribution in [0.4, 0.5) is 5.69 Å². The first kappa shape index (κ1) is 19.1. The lowest BCUT2D eigenvalue weighted by molar-refractivity contribution is -0.120. The van der Waals surface area contributed by atoms with E-state index in [0.717, 1.165) is 11.3 Å². The quantitative estimate of drug-likeness (QED) is 0.583. The van der Waals surface area contributed by atoms with Gasteiger partial charge in [-0.05, 0) is 36.8 Å². The number of primary amides is 1. The standard InChI is InChI=1S/C20H20N4O4/c1-3-24-15-7-5-4-6-14(15)19(20(24)26)23-22-11-13-8-9-16(17(10-13)27-2)28-12-18(21)25/h4-11H,3,12H2,1-2H3,(H2,21,25)/b22-11-,23-19+. The smallest absolute Gasteiger partial charge is 0.279 e. The fraction of sp³-hybridized carbons (Fsp3) is 0.200. The van der Waals surface area contributed by atoms with Crippen LogP contribution in [-0.2, 0) is 9.59 Å². The van der Waals surface area contributed by atoms with Crippen LogP contribution in [-0.4, -0.2) is 44.0 Å². The Bertz CT molecular complexity index is 968. The second-order valence-electron chi connectivity index (χ2n) is 5.93. The third-order valence-corrected chi connectivity index (χ3v) is 4.14. The summed E-state index contributed by atoms with van der Waals surface area (Å²) < 4.78 is 10.5. The summed E-state index contributed by atoms with van der Waals surface area (Å²) in [5.41, 5.74) is 7.68. The van der Waals surface area contributed by atoms with Gasteiger partial charge in [-0.2, -0.15) is 5.10 Å². The number of methoxy groups -OCH3 is 1. The second kappa shape index (κ2) is 8.34. The average Bonchev–Trinajstić information content (AvgIpc) is 2.97. The SMILES string of the molecule is CCN1C(=O)/C(=N/N=C\c2ccc(OCC(N)=O)c(OC)c2)c2ccccc21. The number of para-hydroxylation sites is 1. The van der Waals surface area contributed by atoms with Gasteiger partial charge >= 0.3 is 0 Å². The number of hydrogen-bond donors (Lipinski definition) is 1. The first-order chi connectivity index (χ1) is 13.5. The minimum atomic E-state index is -0.578. The van der Waals surface area contributed by atoms with E-state index in [9.17, 15) is 9.59 Å². The number of carbonyl (C=O) groups is 2. The molecule has 1 aliphatic heterocycles. The molecule has 0 aromatic heterocycles. The van der Waals surface area contributed by atoms with E-state index < -0.39 is 5.91 Å². The summed E-state index contributed by atoms with van der Waals surface area (Å²) in [6, 6.07) is 12.5. The van der Waals surface area contributed by atoms with Crippen molar-refractivity contribution in [1.29, 1.82) is 0 Å². The molecule has 0 aliphatic carbocycles. The van der Waals surface area contributed by atoms with E-state index in [1.807, 2.05) is 31.2 Å². The lowest BCUT2D eigenvalue weighted by atomic mass is 10.1. The van der Waals surface area contributed by atoms with E-state index in [0.29, 0.717) is 29.3 Å². The van der Waals surface area contributed by atoms with Gasteiger partial charge in [-0.25, -0.2) is 0 Å². The number of carbonyl (C=O) groups excluding carboxylic acids is 2. The van der Waals surface area contributed by atoms with Gasteiger partial charge in [0, 0.05) is 12.1 Å². The highest BCUT2D eigenvalue weighted by molar-refractivity contribution is 6.54. The first-order valence-corrected chi connectivity index (χ1v) is 8.66. The van der Waals surface area contributed by atoms with Gasteiger partial charge in [-0.1, -0.05) is 18.2 Å².